The van der Waals surface area contributed by atoms with Gasteiger partial charge in [0.15, 0.2) is 0 Å². The molecule has 0 fully saturated rings. The van der Waals surface area contributed by atoms with Gasteiger partial charge in [0.1, 0.15) is 0 Å². The Morgan fingerprint density at radius 1 is 1.17 bits per heavy atom. The van der Waals surface area contributed by atoms with Crippen molar-refractivity contribution < 1.29 is 61.6 Å². The Morgan fingerprint density at radius 2 is 1.17 bits per heavy atom. The van der Waals surface area contributed by atoms with E-state index in [2.05, 4.69) is 0 Å². The van der Waals surface area contributed by atoms with Gasteiger partial charge in [-0.25, -0.2) is 0 Å². The third-order valence-electron chi connectivity index (χ3n) is 0. The second-order valence-corrected chi connectivity index (χ2v) is 1.34. The predicted molar refractivity (Wildman–Crippen MR) is 14.2 cm³/mol. The predicted octanol–water partition coefficient (Wildman–Crippen LogP) is -0.653. The summed E-state index contributed by atoms with van der Waals surface area (Å²) < 4.78 is 31.6. The number of hydrogen-bond donors (Lipinski definition) is 2. The Morgan fingerprint density at radius 3 is 1.17 bits per heavy atom. The van der Waals surface area contributed by atoms with Gasteiger partial charge in [0, 0.05) is 44.1 Å². The molecule has 35 valence electrons. The van der Waals surface area contributed by atoms with Crippen LogP contribution in [-0.2, 0) is 10.4 Å². The summed E-state index contributed by atoms with van der Waals surface area (Å²) in [5.41, 5.74) is 0. The van der Waals surface area contributed by atoms with Crippen LogP contribution in [0.3, 0.4) is 0 Å². The molecule has 0 atom stereocenters. The summed E-state index contributed by atoms with van der Waals surface area (Å²) >= 11 is 0. The molecular weight excluding hydrogens is 323 g/mol. The summed E-state index contributed by atoms with van der Waals surface area (Å²) in [4.78, 5) is 0. The Bertz CT molecular complexity index is 90.7. The second kappa shape index (κ2) is 3.33. The molecule has 0 aliphatic rings. The topological polar surface area (TPSA) is 74.6 Å². The molecule has 0 unspecified atom stereocenters. The van der Waals surface area contributed by atoms with Gasteiger partial charge in [-0.3, -0.25) is 9.11 Å². The molecule has 0 bridgehead atoms. The first kappa shape index (κ1) is 10.3. The third kappa shape index (κ3) is 57.4. The van der Waals surface area contributed by atoms with E-state index in [0.717, 1.165) is 0 Å². The molecule has 0 amide bonds. The second-order valence-electron chi connectivity index (χ2n) is 0.448. The first-order valence-corrected chi connectivity index (χ1v) is 2.10. The van der Waals surface area contributed by atoms with Crippen molar-refractivity contribution in [2.45, 2.75) is 0 Å². The zero-order valence-electron chi connectivity index (χ0n) is 2.70. The molecule has 1 radical (unpaired) electrons. The largest absolute Gasteiger partial charge is 0.394 e. The van der Waals surface area contributed by atoms with Crippen molar-refractivity contribution in [1.82, 2.24) is 0 Å². The van der Waals surface area contributed by atoms with E-state index in [0.29, 0.717) is 0 Å². The van der Waals surface area contributed by atoms with Crippen molar-refractivity contribution in [1.29, 1.82) is 0 Å². The number of rotatable bonds is 0. The number of hydrogen-bond acceptors (Lipinski definition) is 2. The molecule has 0 rings (SSSR count). The maximum absolute atomic E-state index is 8.74. The monoisotopic (exact) mass is 325 g/mol. The van der Waals surface area contributed by atoms with E-state index in [1.165, 1.54) is 0 Å². The SMILES string of the molecule is O=S(=O)(O)O.[Ac]. The van der Waals surface area contributed by atoms with Crippen molar-refractivity contribution in [3.8, 4) is 0 Å². The fraction of sp³-hybridized carbons (Fsp3) is 0. The van der Waals surface area contributed by atoms with Gasteiger partial charge in [-0.1, -0.05) is 0 Å². The maximum atomic E-state index is 8.74. The fourth-order valence-electron chi connectivity index (χ4n) is 0. The molecule has 0 aromatic heterocycles. The molecule has 0 aromatic rings. The smallest absolute Gasteiger partial charge is 0.264 e. The maximum Gasteiger partial charge on any atom is 0.394 e. The summed E-state index contributed by atoms with van der Waals surface area (Å²) in [7, 11) is -4.67. The first-order chi connectivity index (χ1) is 2.00. The molecule has 0 heterocycles. The van der Waals surface area contributed by atoms with Crippen LogP contribution in [0.4, 0.5) is 0 Å². The van der Waals surface area contributed by atoms with E-state index >= 15 is 0 Å². The van der Waals surface area contributed by atoms with E-state index < -0.39 is 10.4 Å². The molecule has 0 aliphatic carbocycles. The minimum Gasteiger partial charge on any atom is -0.264 e. The van der Waals surface area contributed by atoms with Crippen molar-refractivity contribution >= 4 is 10.4 Å². The van der Waals surface area contributed by atoms with Gasteiger partial charge in [-0.2, -0.15) is 8.42 Å². The van der Waals surface area contributed by atoms with Crippen molar-refractivity contribution in [3.63, 3.8) is 0 Å². The summed E-state index contributed by atoms with van der Waals surface area (Å²) in [5, 5.41) is 0. The molecule has 6 heteroatoms. The molecule has 0 saturated heterocycles. The van der Waals surface area contributed by atoms with E-state index in [9.17, 15) is 0 Å². The van der Waals surface area contributed by atoms with Crippen LogP contribution in [0.1, 0.15) is 0 Å². The van der Waals surface area contributed by atoms with Gasteiger partial charge >= 0.3 is 10.4 Å². The van der Waals surface area contributed by atoms with Crippen molar-refractivity contribution in [2.24, 2.45) is 0 Å². The van der Waals surface area contributed by atoms with E-state index in [4.69, 9.17) is 17.5 Å². The quantitative estimate of drug-likeness (QED) is 0.581. The average molecular weight is 325 g/mol. The third-order valence-corrected chi connectivity index (χ3v) is 0. The van der Waals surface area contributed by atoms with Crippen LogP contribution >= 0.6 is 0 Å². The van der Waals surface area contributed by atoms with Crippen LogP contribution in [-0.4, -0.2) is 17.5 Å². The Balaban J connectivity index is 0. The summed E-state index contributed by atoms with van der Waals surface area (Å²) in [5.74, 6) is 0. The Kier molecular flexibility index (Phi) is 5.73. The molecule has 0 spiro atoms. The first-order valence-electron chi connectivity index (χ1n) is 0.698. The Hall–Kier alpha value is 1.31. The minimum absolute atomic E-state index is 0. The van der Waals surface area contributed by atoms with E-state index in [1.54, 1.807) is 0 Å². The van der Waals surface area contributed by atoms with Crippen LogP contribution in [0.25, 0.3) is 0 Å². The van der Waals surface area contributed by atoms with Crippen LogP contribution in [0.5, 0.6) is 0 Å². The molecule has 2 N–H and O–H groups in total. The molecule has 0 aliphatic heterocycles. The van der Waals surface area contributed by atoms with Crippen molar-refractivity contribution in [3.05, 3.63) is 0 Å². The summed E-state index contributed by atoms with van der Waals surface area (Å²) in [6.45, 7) is 0. The van der Waals surface area contributed by atoms with Crippen LogP contribution in [0, 0.1) is 44.1 Å². The van der Waals surface area contributed by atoms with Gasteiger partial charge in [-0.05, 0) is 0 Å². The standard InChI is InChI=1S/Ac.H2O4S/c;1-5(2,3)4/h;(H2,1,2,3,4). The molecular formula is H2AcO4S. The zero-order valence-corrected chi connectivity index (χ0v) is 8.26. The minimum atomic E-state index is -4.67. The van der Waals surface area contributed by atoms with E-state index in [-0.39, 0.29) is 44.1 Å². The van der Waals surface area contributed by atoms with Crippen LogP contribution in [0.2, 0.25) is 0 Å². The normalized spacial score (nSPS) is 9.67. The van der Waals surface area contributed by atoms with Gasteiger partial charge in [0.2, 0.25) is 0 Å². The molecule has 4 nitrogen and oxygen atoms in total. The van der Waals surface area contributed by atoms with Crippen molar-refractivity contribution in [2.75, 3.05) is 0 Å². The van der Waals surface area contributed by atoms with Gasteiger partial charge in [0.05, 0.1) is 0 Å². The zero-order chi connectivity index (χ0) is 4.50. The van der Waals surface area contributed by atoms with Crippen LogP contribution < -0.4 is 0 Å². The average Bonchev–Trinajstić information content (AvgIpc) is 0.722. The molecule has 0 aromatic carbocycles. The summed E-state index contributed by atoms with van der Waals surface area (Å²) in [6, 6.07) is 0. The fourth-order valence-corrected chi connectivity index (χ4v) is 0. The summed E-state index contributed by atoms with van der Waals surface area (Å²) in [6.07, 6.45) is 0. The van der Waals surface area contributed by atoms with Gasteiger partial charge in [0.25, 0.3) is 0 Å². The van der Waals surface area contributed by atoms with Crippen LogP contribution in [0.15, 0.2) is 0 Å². The molecule has 0 saturated carbocycles. The van der Waals surface area contributed by atoms with Gasteiger partial charge in [-0.15, -0.1) is 0 Å². The van der Waals surface area contributed by atoms with Gasteiger partial charge < -0.3 is 0 Å². The Labute approximate surface area is 71.1 Å². The van der Waals surface area contributed by atoms with E-state index in [1.807, 2.05) is 0 Å². The molecule has 6 heavy (non-hydrogen) atoms.